The van der Waals surface area contributed by atoms with Gasteiger partial charge in [0, 0.05) is 19.7 Å². The molecule has 0 bridgehead atoms. The third-order valence-electron chi connectivity index (χ3n) is 2.60. The van der Waals surface area contributed by atoms with E-state index < -0.39 is 11.6 Å². The van der Waals surface area contributed by atoms with Gasteiger partial charge in [-0.3, -0.25) is 0 Å². The van der Waals surface area contributed by atoms with Crippen LogP contribution in [0, 0.1) is 11.6 Å². The quantitative estimate of drug-likeness (QED) is 0.599. The van der Waals surface area contributed by atoms with Gasteiger partial charge in [0.25, 0.3) is 0 Å². The number of hydrogen-bond donors (Lipinski definition) is 2. The first-order chi connectivity index (χ1) is 8.54. The van der Waals surface area contributed by atoms with Crippen LogP contribution >= 0.6 is 0 Å². The number of nitrogen functional groups attached to an aromatic ring is 1. The fraction of sp³-hybridized carbons (Fsp3) is 0.545. The van der Waals surface area contributed by atoms with Crippen LogP contribution in [-0.4, -0.2) is 31.3 Å². The van der Waals surface area contributed by atoms with Gasteiger partial charge in [0.15, 0.2) is 23.3 Å². The van der Waals surface area contributed by atoms with E-state index in [1.54, 1.807) is 12.0 Å². The molecular weight excluding hydrogens is 242 g/mol. The lowest BCUT2D eigenvalue weighted by molar-refractivity contribution is 0.181. The van der Waals surface area contributed by atoms with Crippen LogP contribution in [0.1, 0.15) is 13.8 Å². The van der Waals surface area contributed by atoms with E-state index >= 15 is 0 Å². The zero-order chi connectivity index (χ0) is 13.7. The molecule has 0 amide bonds. The number of nitrogens with one attached hydrogen (secondary N) is 1. The molecule has 1 heterocycles. The number of hydrogen-bond acceptors (Lipinski definition) is 5. The Kier molecular flexibility index (Phi) is 5.24. The fourth-order valence-electron chi connectivity index (χ4n) is 1.76. The van der Waals surface area contributed by atoms with Crippen molar-refractivity contribution in [3.8, 4) is 0 Å². The number of rotatable bonds is 6. The minimum Gasteiger partial charge on any atom is -0.383 e. The van der Waals surface area contributed by atoms with E-state index in [4.69, 9.17) is 10.6 Å². The maximum Gasteiger partial charge on any atom is 0.178 e. The van der Waals surface area contributed by atoms with Gasteiger partial charge in [-0.05, 0) is 13.8 Å². The van der Waals surface area contributed by atoms with Crippen LogP contribution in [0.2, 0.25) is 0 Å². The number of nitrogens with two attached hydrogens (primary N) is 1. The number of hydrazine groups is 1. The summed E-state index contributed by atoms with van der Waals surface area (Å²) in [5.74, 6) is 3.44. The second-order valence-corrected chi connectivity index (χ2v) is 3.86. The zero-order valence-electron chi connectivity index (χ0n) is 10.7. The maximum atomic E-state index is 13.8. The van der Waals surface area contributed by atoms with Crippen LogP contribution in [0.5, 0.6) is 0 Å². The molecule has 0 spiro atoms. The van der Waals surface area contributed by atoms with Gasteiger partial charge in [-0.25, -0.2) is 19.6 Å². The van der Waals surface area contributed by atoms with Crippen LogP contribution in [0.3, 0.4) is 0 Å². The van der Waals surface area contributed by atoms with Gasteiger partial charge < -0.3 is 15.1 Å². The number of methoxy groups -OCH3 is 1. The Bertz CT molecular complexity index is 403. The Morgan fingerprint density at radius 2 is 2.17 bits per heavy atom. The average molecular weight is 260 g/mol. The smallest absolute Gasteiger partial charge is 0.178 e. The number of nitrogens with zero attached hydrogens (tertiary/aromatic N) is 2. The molecule has 0 aromatic carbocycles. The van der Waals surface area contributed by atoms with Crippen LogP contribution < -0.4 is 16.2 Å². The van der Waals surface area contributed by atoms with Crippen molar-refractivity contribution < 1.29 is 13.5 Å². The molecule has 1 rings (SSSR count). The molecule has 102 valence electrons. The second-order valence-electron chi connectivity index (χ2n) is 3.86. The summed E-state index contributed by atoms with van der Waals surface area (Å²) < 4.78 is 32.0. The van der Waals surface area contributed by atoms with Crippen LogP contribution in [0.15, 0.2) is 6.07 Å². The number of anilines is 2. The number of likely N-dealkylation sites (N-methyl/N-ethyl adjacent to an activating group) is 1. The topological polar surface area (TPSA) is 63.4 Å². The molecule has 1 atom stereocenters. The van der Waals surface area contributed by atoms with Crippen LogP contribution in [-0.2, 0) is 4.74 Å². The van der Waals surface area contributed by atoms with Gasteiger partial charge in [-0.1, -0.05) is 0 Å². The van der Waals surface area contributed by atoms with Gasteiger partial charge in [-0.2, -0.15) is 0 Å². The van der Waals surface area contributed by atoms with E-state index in [2.05, 4.69) is 10.4 Å². The highest BCUT2D eigenvalue weighted by Crippen LogP contribution is 2.23. The van der Waals surface area contributed by atoms with Gasteiger partial charge in [0.05, 0.1) is 12.6 Å². The van der Waals surface area contributed by atoms with E-state index in [0.717, 1.165) is 6.07 Å². The minimum atomic E-state index is -0.825. The highest BCUT2D eigenvalue weighted by Gasteiger charge is 2.20. The molecule has 0 saturated heterocycles. The molecule has 0 aliphatic carbocycles. The van der Waals surface area contributed by atoms with Gasteiger partial charge >= 0.3 is 0 Å². The summed E-state index contributed by atoms with van der Waals surface area (Å²) in [6.07, 6.45) is 0. The Morgan fingerprint density at radius 3 is 2.67 bits per heavy atom. The van der Waals surface area contributed by atoms with E-state index in [1.165, 1.54) is 0 Å². The third-order valence-corrected chi connectivity index (χ3v) is 2.60. The van der Waals surface area contributed by atoms with Crippen LogP contribution in [0.4, 0.5) is 20.4 Å². The largest absolute Gasteiger partial charge is 0.383 e. The number of pyridine rings is 1. The molecule has 0 fully saturated rings. The van der Waals surface area contributed by atoms with E-state index in [-0.39, 0.29) is 17.7 Å². The normalized spacial score (nSPS) is 12.3. The molecule has 0 aliphatic rings. The molecule has 7 heteroatoms. The molecule has 18 heavy (non-hydrogen) atoms. The van der Waals surface area contributed by atoms with Crippen molar-refractivity contribution in [2.24, 2.45) is 5.84 Å². The highest BCUT2D eigenvalue weighted by molar-refractivity contribution is 5.49. The Morgan fingerprint density at radius 1 is 1.50 bits per heavy atom. The first-order valence-electron chi connectivity index (χ1n) is 5.63. The first-order valence-corrected chi connectivity index (χ1v) is 5.63. The van der Waals surface area contributed by atoms with Crippen molar-refractivity contribution in [2.45, 2.75) is 19.9 Å². The van der Waals surface area contributed by atoms with Gasteiger partial charge in [0.1, 0.15) is 0 Å². The van der Waals surface area contributed by atoms with Crippen molar-refractivity contribution in [1.82, 2.24) is 4.98 Å². The van der Waals surface area contributed by atoms with Gasteiger partial charge in [0.2, 0.25) is 0 Å². The van der Waals surface area contributed by atoms with Crippen molar-refractivity contribution in [1.29, 1.82) is 0 Å². The lowest BCUT2D eigenvalue weighted by atomic mass is 10.2. The monoisotopic (exact) mass is 260 g/mol. The molecule has 0 radical (unpaired) electrons. The molecular formula is C11H18F2N4O. The maximum absolute atomic E-state index is 13.8. The molecule has 0 saturated carbocycles. The predicted octanol–water partition coefficient (Wildman–Crippen LogP) is 1.51. The number of ether oxygens (including phenoxy) is 1. The number of aromatic nitrogens is 1. The standard InChI is InChI=1S/C11H18F2N4O/c1-4-17(7(2)6-18-3)11-9(13)5-8(12)10(15-11)16-14/h5,7H,4,6,14H2,1-3H3,(H,15,16). The van der Waals surface area contributed by atoms with E-state index in [1.807, 2.05) is 13.8 Å². The average Bonchev–Trinajstić information content (AvgIpc) is 2.33. The molecule has 1 aromatic heterocycles. The summed E-state index contributed by atoms with van der Waals surface area (Å²) in [5, 5.41) is 0. The summed E-state index contributed by atoms with van der Waals surface area (Å²) in [6.45, 7) is 4.65. The summed E-state index contributed by atoms with van der Waals surface area (Å²) in [4.78, 5) is 5.53. The second kappa shape index (κ2) is 6.46. The van der Waals surface area contributed by atoms with E-state index in [9.17, 15) is 8.78 Å². The molecule has 5 nitrogen and oxygen atoms in total. The SMILES string of the molecule is CCN(c1nc(NN)c(F)cc1F)C(C)COC. The van der Waals surface area contributed by atoms with Crippen LogP contribution in [0.25, 0.3) is 0 Å². The summed E-state index contributed by atoms with van der Waals surface area (Å²) >= 11 is 0. The van der Waals surface area contributed by atoms with Gasteiger partial charge in [-0.15, -0.1) is 0 Å². The Hall–Kier alpha value is -1.47. The van der Waals surface area contributed by atoms with Crippen molar-refractivity contribution in [3.05, 3.63) is 17.7 Å². The number of halogens is 2. The zero-order valence-corrected chi connectivity index (χ0v) is 10.7. The first kappa shape index (κ1) is 14.6. The molecule has 1 unspecified atom stereocenters. The lowest BCUT2D eigenvalue weighted by Crippen LogP contribution is -2.37. The summed E-state index contributed by atoms with van der Waals surface area (Å²) in [6, 6.07) is 0.678. The fourth-order valence-corrected chi connectivity index (χ4v) is 1.76. The Balaban J connectivity index is 3.12. The predicted molar refractivity (Wildman–Crippen MR) is 66.3 cm³/mol. The highest BCUT2D eigenvalue weighted by atomic mass is 19.1. The summed E-state index contributed by atoms with van der Waals surface area (Å²) in [7, 11) is 1.56. The minimum absolute atomic E-state index is 0.0522. The van der Waals surface area contributed by atoms with Crippen molar-refractivity contribution >= 4 is 11.6 Å². The van der Waals surface area contributed by atoms with Crippen molar-refractivity contribution in [2.75, 3.05) is 30.6 Å². The molecule has 0 aliphatic heterocycles. The van der Waals surface area contributed by atoms with Crippen molar-refractivity contribution in [3.63, 3.8) is 0 Å². The third kappa shape index (κ3) is 3.05. The van der Waals surface area contributed by atoms with E-state index in [0.29, 0.717) is 13.2 Å². The molecule has 3 N–H and O–H groups in total. The summed E-state index contributed by atoms with van der Waals surface area (Å²) in [5.41, 5.74) is 2.10. The Labute approximate surface area is 105 Å². The molecule has 1 aromatic rings. The lowest BCUT2D eigenvalue weighted by Gasteiger charge is -2.29.